The van der Waals surface area contributed by atoms with E-state index in [0.29, 0.717) is 0 Å². The lowest BCUT2D eigenvalue weighted by atomic mass is 10.1. The van der Waals surface area contributed by atoms with Crippen molar-refractivity contribution in [2.45, 2.75) is 42.7 Å². The molecule has 16 nitrogen and oxygen atoms in total. The molecule has 34 heavy (non-hydrogen) atoms. The summed E-state index contributed by atoms with van der Waals surface area (Å²) in [6, 6.07) is -3.11. The van der Waals surface area contributed by atoms with Crippen molar-refractivity contribution in [3.05, 3.63) is 34.3 Å². The highest BCUT2D eigenvalue weighted by Crippen LogP contribution is 2.59. The number of amides is 2. The van der Waals surface area contributed by atoms with E-state index in [1.54, 1.807) is 0 Å². The number of aromatic nitrogens is 2. The number of fused-ring (bicyclic) bond motifs is 1. The molecule has 2 heterocycles. The normalized spacial score (nSPS) is 24.4. The molecular weight excluding hydrogens is 462 g/mol. The number of nitrogens with two attached hydrogens (primary N) is 1. The highest BCUT2D eigenvalue weighted by atomic mass is 16.6. The van der Waals surface area contributed by atoms with Crippen molar-refractivity contribution in [2.75, 3.05) is 11.9 Å². The van der Waals surface area contributed by atoms with E-state index in [4.69, 9.17) is 20.7 Å². The van der Waals surface area contributed by atoms with Crippen molar-refractivity contribution in [3.63, 3.8) is 0 Å². The minimum atomic E-state index is -1.90. The Labute approximate surface area is 189 Å². The van der Waals surface area contributed by atoms with Gasteiger partial charge in [0.1, 0.15) is 24.5 Å². The fraction of sp³-hybridized carbons (Fsp3) is 0.444. The van der Waals surface area contributed by atoms with Gasteiger partial charge < -0.3 is 46.6 Å². The maximum Gasteiger partial charge on any atom is 0.350 e. The van der Waals surface area contributed by atoms with Gasteiger partial charge in [0.25, 0.3) is 0 Å². The number of nitrogens with one attached hydrogen (secondary N) is 2. The van der Waals surface area contributed by atoms with Crippen molar-refractivity contribution in [1.82, 2.24) is 14.9 Å². The van der Waals surface area contributed by atoms with E-state index < -0.39 is 84.5 Å². The molecule has 3 unspecified atom stereocenters. The van der Waals surface area contributed by atoms with Crippen molar-refractivity contribution >= 4 is 29.6 Å². The van der Waals surface area contributed by atoms with E-state index in [1.807, 2.05) is 5.32 Å². The first-order valence-electron chi connectivity index (χ1n) is 9.72. The molecule has 1 aromatic heterocycles. The molecule has 3 rings (SSSR count). The topological polar surface area (TPSA) is 264 Å². The molecule has 2 amide bonds. The van der Waals surface area contributed by atoms with Crippen molar-refractivity contribution < 1.29 is 49.4 Å². The van der Waals surface area contributed by atoms with Crippen LogP contribution in [0, 0.1) is 0 Å². The van der Waals surface area contributed by atoms with E-state index >= 15 is 0 Å². The van der Waals surface area contributed by atoms with Gasteiger partial charge in [0, 0.05) is 6.20 Å². The molecule has 0 aromatic carbocycles. The lowest BCUT2D eigenvalue weighted by molar-refractivity contribution is -0.144. The van der Waals surface area contributed by atoms with Crippen LogP contribution in [0.15, 0.2) is 28.6 Å². The summed E-state index contributed by atoms with van der Waals surface area (Å²) >= 11 is 0. The largest absolute Gasteiger partial charge is 0.506 e. The van der Waals surface area contributed by atoms with Gasteiger partial charge in [-0.2, -0.15) is 4.98 Å². The molecule has 1 aliphatic carbocycles. The second kappa shape index (κ2) is 9.08. The highest BCUT2D eigenvalue weighted by molar-refractivity contribution is 5.95. The number of carboxylic acids is 2. The third-order valence-corrected chi connectivity index (χ3v) is 5.25. The number of anilines is 1. The fourth-order valence-corrected chi connectivity index (χ4v) is 3.49. The Hall–Kier alpha value is -4.02. The smallest absolute Gasteiger partial charge is 0.350 e. The van der Waals surface area contributed by atoms with Gasteiger partial charge in [-0.1, -0.05) is 0 Å². The standard InChI is InChI=1S/C18H21N5O11/c19-6(3-11(26)27)15(29)20-7(16(30)31)4-10(25)21-9-1-2-23(17(32)22-9)12-14-18(12,33)13(28)8(5-24)34-14/h1-2,6-7,12,14,24,28,33H,3-5,19H2,(H,20,29)(H,26,27)(H,30,31)(H,21,22,25,32)/t6-,7-,12?,14?,18?/m0/s1. The highest BCUT2D eigenvalue weighted by Gasteiger charge is 2.75. The van der Waals surface area contributed by atoms with E-state index in [2.05, 4.69) is 10.3 Å². The van der Waals surface area contributed by atoms with Crippen LogP contribution in [0.1, 0.15) is 18.9 Å². The molecule has 9 N–H and O–H groups in total. The minimum Gasteiger partial charge on any atom is -0.506 e. The van der Waals surface area contributed by atoms with Crippen molar-refractivity contribution in [2.24, 2.45) is 5.73 Å². The Morgan fingerprint density at radius 3 is 2.44 bits per heavy atom. The Balaban J connectivity index is 1.63. The molecule has 1 saturated carbocycles. The van der Waals surface area contributed by atoms with Gasteiger partial charge in [-0.25, -0.2) is 9.59 Å². The summed E-state index contributed by atoms with van der Waals surface area (Å²) in [5, 5.41) is 51.5. The van der Waals surface area contributed by atoms with E-state index in [0.717, 1.165) is 10.8 Å². The Morgan fingerprint density at radius 1 is 1.26 bits per heavy atom. The average molecular weight is 483 g/mol. The first-order chi connectivity index (χ1) is 15.9. The molecule has 2 aliphatic rings. The predicted octanol–water partition coefficient (Wildman–Crippen LogP) is -3.61. The van der Waals surface area contributed by atoms with Crippen molar-refractivity contribution in [1.29, 1.82) is 0 Å². The number of hydrogen-bond donors (Lipinski definition) is 8. The summed E-state index contributed by atoms with van der Waals surface area (Å²) in [4.78, 5) is 62.0. The lowest BCUT2D eigenvalue weighted by Gasteiger charge is -2.17. The summed E-state index contributed by atoms with van der Waals surface area (Å²) in [6.07, 6.45) is -1.39. The monoisotopic (exact) mass is 483 g/mol. The van der Waals surface area contributed by atoms with Gasteiger partial charge in [-0.3, -0.25) is 19.0 Å². The molecular formula is C18H21N5O11. The quantitative estimate of drug-likeness (QED) is 0.160. The first kappa shape index (κ1) is 24.6. The molecule has 1 aromatic rings. The van der Waals surface area contributed by atoms with Crippen LogP contribution in [-0.2, 0) is 23.9 Å². The Bertz CT molecular complexity index is 1130. The zero-order valence-corrected chi connectivity index (χ0v) is 17.2. The number of aliphatic hydroxyl groups excluding tert-OH is 2. The molecule has 0 radical (unpaired) electrons. The summed E-state index contributed by atoms with van der Waals surface area (Å²) < 4.78 is 6.15. The summed E-state index contributed by atoms with van der Waals surface area (Å²) in [5.41, 5.74) is 2.52. The predicted molar refractivity (Wildman–Crippen MR) is 107 cm³/mol. The number of hydrogen-bond acceptors (Lipinski definition) is 11. The van der Waals surface area contributed by atoms with E-state index in [1.165, 1.54) is 6.07 Å². The zero-order chi connectivity index (χ0) is 25.4. The van der Waals surface area contributed by atoms with Crippen LogP contribution >= 0.6 is 0 Å². The van der Waals surface area contributed by atoms with E-state index in [9.17, 15) is 39.3 Å². The number of carboxylic acid groups (broad SMARTS) is 2. The van der Waals surface area contributed by atoms with Crippen LogP contribution in [0.2, 0.25) is 0 Å². The number of carbonyl (C=O) groups excluding carboxylic acids is 2. The van der Waals surface area contributed by atoms with Gasteiger partial charge in [0.2, 0.25) is 11.8 Å². The Kier molecular flexibility index (Phi) is 6.58. The third-order valence-electron chi connectivity index (χ3n) is 5.25. The number of aliphatic carboxylic acids is 2. The summed E-state index contributed by atoms with van der Waals surface area (Å²) in [7, 11) is 0. The van der Waals surface area contributed by atoms with Gasteiger partial charge in [0.05, 0.1) is 18.9 Å². The second-order valence-corrected chi connectivity index (χ2v) is 7.60. The molecule has 5 atom stereocenters. The van der Waals surface area contributed by atoms with Crippen molar-refractivity contribution in [3.8, 4) is 0 Å². The molecule has 184 valence electrons. The Morgan fingerprint density at radius 2 is 1.94 bits per heavy atom. The van der Waals surface area contributed by atoms with Crippen LogP contribution in [0.25, 0.3) is 0 Å². The number of carbonyl (C=O) groups is 4. The fourth-order valence-electron chi connectivity index (χ4n) is 3.49. The number of rotatable bonds is 10. The zero-order valence-electron chi connectivity index (χ0n) is 17.2. The average Bonchev–Trinajstić information content (AvgIpc) is 3.24. The van der Waals surface area contributed by atoms with Crippen LogP contribution in [0.3, 0.4) is 0 Å². The van der Waals surface area contributed by atoms with Crippen LogP contribution in [0.4, 0.5) is 5.82 Å². The SMILES string of the molecule is N[C@@H](CC(=O)O)C(=O)N[C@@H](CC(=O)Nc1ccn(C2C3OC(CO)=C(O)C32O)c(=O)n1)C(=O)O. The molecule has 0 spiro atoms. The molecule has 16 heteroatoms. The van der Waals surface area contributed by atoms with Crippen LogP contribution in [-0.4, -0.2) is 89.2 Å². The maximum absolute atomic E-state index is 12.3. The molecule has 1 fully saturated rings. The number of nitrogens with zero attached hydrogens (tertiary/aromatic N) is 2. The molecule has 0 saturated heterocycles. The van der Waals surface area contributed by atoms with E-state index in [-0.39, 0.29) is 11.6 Å². The van der Waals surface area contributed by atoms with Gasteiger partial charge >= 0.3 is 17.6 Å². The molecule has 1 aliphatic heterocycles. The van der Waals surface area contributed by atoms with Crippen LogP contribution < -0.4 is 22.1 Å². The minimum absolute atomic E-state index is 0.211. The second-order valence-electron chi connectivity index (χ2n) is 7.60. The summed E-state index contributed by atoms with van der Waals surface area (Å²) in [5.74, 6) is -6.06. The third kappa shape index (κ3) is 4.54. The van der Waals surface area contributed by atoms with Gasteiger partial charge in [0.15, 0.2) is 23.2 Å². The first-order valence-corrected chi connectivity index (χ1v) is 9.72. The molecule has 0 bridgehead atoms. The lowest BCUT2D eigenvalue weighted by Crippen LogP contribution is -2.50. The number of ether oxygens (including phenoxy) is 1. The van der Waals surface area contributed by atoms with Gasteiger partial charge in [-0.15, -0.1) is 0 Å². The summed E-state index contributed by atoms with van der Waals surface area (Å²) in [6.45, 7) is -0.640. The number of aliphatic hydroxyl groups is 3. The van der Waals surface area contributed by atoms with Crippen LogP contribution in [0.5, 0.6) is 0 Å². The van der Waals surface area contributed by atoms with Gasteiger partial charge in [-0.05, 0) is 6.07 Å². The maximum atomic E-state index is 12.3.